The third-order valence-electron chi connectivity index (χ3n) is 2.85. The molecule has 2 heteroatoms. The van der Waals surface area contributed by atoms with Crippen LogP contribution in [0.1, 0.15) is 30.9 Å². The quantitative estimate of drug-likeness (QED) is 0.757. The fraction of sp³-hybridized carbons (Fsp3) is 0.538. The summed E-state index contributed by atoms with van der Waals surface area (Å²) in [4.78, 5) is 0. The van der Waals surface area contributed by atoms with Crippen LogP contribution < -0.4 is 0 Å². The standard InChI is InChI=1S/C13H18O2/c1-3-14-13(9-4-10-15-13)12-7-5-11(2)6-8-12/h5-8H,3-4,9-10H2,1-2H3. The molecule has 0 spiro atoms. The second-order valence-electron chi connectivity index (χ2n) is 4.00. The van der Waals surface area contributed by atoms with E-state index in [9.17, 15) is 0 Å². The van der Waals surface area contributed by atoms with Crippen LogP contribution in [0.4, 0.5) is 0 Å². The monoisotopic (exact) mass is 206 g/mol. The molecule has 0 N–H and O–H groups in total. The first kappa shape index (κ1) is 10.7. The summed E-state index contributed by atoms with van der Waals surface area (Å²) in [6.45, 7) is 5.59. The Bertz CT molecular complexity index is 310. The van der Waals surface area contributed by atoms with Crippen molar-refractivity contribution >= 4 is 0 Å². The molecule has 1 aliphatic rings. The van der Waals surface area contributed by atoms with Gasteiger partial charge in [-0.15, -0.1) is 0 Å². The van der Waals surface area contributed by atoms with Gasteiger partial charge in [-0.1, -0.05) is 29.8 Å². The van der Waals surface area contributed by atoms with Gasteiger partial charge in [0.2, 0.25) is 0 Å². The van der Waals surface area contributed by atoms with Crippen molar-refractivity contribution in [1.29, 1.82) is 0 Å². The van der Waals surface area contributed by atoms with E-state index in [1.165, 1.54) is 5.56 Å². The summed E-state index contributed by atoms with van der Waals surface area (Å²) in [6, 6.07) is 8.43. The molecule has 0 saturated carbocycles. The average molecular weight is 206 g/mol. The first-order valence-electron chi connectivity index (χ1n) is 5.62. The predicted octanol–water partition coefficient (Wildman–Crippen LogP) is 2.99. The molecule has 1 fully saturated rings. The van der Waals surface area contributed by atoms with Gasteiger partial charge in [-0.3, -0.25) is 0 Å². The summed E-state index contributed by atoms with van der Waals surface area (Å²) in [5.74, 6) is -0.470. The van der Waals surface area contributed by atoms with Crippen molar-refractivity contribution < 1.29 is 9.47 Å². The van der Waals surface area contributed by atoms with Crippen molar-refractivity contribution in [2.24, 2.45) is 0 Å². The molecule has 1 aromatic rings. The summed E-state index contributed by atoms with van der Waals surface area (Å²) < 4.78 is 11.6. The fourth-order valence-corrected chi connectivity index (χ4v) is 2.08. The van der Waals surface area contributed by atoms with Gasteiger partial charge < -0.3 is 9.47 Å². The molecule has 1 heterocycles. The third kappa shape index (κ3) is 2.06. The molecule has 1 unspecified atom stereocenters. The molecule has 0 bridgehead atoms. The Morgan fingerprint density at radius 2 is 2.07 bits per heavy atom. The minimum atomic E-state index is -0.470. The lowest BCUT2D eigenvalue weighted by Gasteiger charge is -2.28. The highest BCUT2D eigenvalue weighted by molar-refractivity contribution is 5.25. The van der Waals surface area contributed by atoms with Crippen molar-refractivity contribution in [3.8, 4) is 0 Å². The Morgan fingerprint density at radius 3 is 2.60 bits per heavy atom. The zero-order valence-electron chi connectivity index (χ0n) is 9.45. The second-order valence-corrected chi connectivity index (χ2v) is 4.00. The molecule has 15 heavy (non-hydrogen) atoms. The van der Waals surface area contributed by atoms with Gasteiger partial charge in [0.1, 0.15) is 0 Å². The van der Waals surface area contributed by atoms with E-state index in [0.29, 0.717) is 6.61 Å². The van der Waals surface area contributed by atoms with Crippen LogP contribution in [0.3, 0.4) is 0 Å². The van der Waals surface area contributed by atoms with Crippen molar-refractivity contribution in [2.75, 3.05) is 13.2 Å². The number of rotatable bonds is 3. The van der Waals surface area contributed by atoms with E-state index in [1.54, 1.807) is 0 Å². The maximum Gasteiger partial charge on any atom is 0.194 e. The largest absolute Gasteiger partial charge is 0.346 e. The van der Waals surface area contributed by atoms with E-state index < -0.39 is 5.79 Å². The zero-order chi connectivity index (χ0) is 10.7. The molecule has 2 rings (SSSR count). The highest BCUT2D eigenvalue weighted by Gasteiger charge is 2.37. The number of benzene rings is 1. The number of hydrogen-bond acceptors (Lipinski definition) is 2. The van der Waals surface area contributed by atoms with Crippen LogP contribution in [0, 0.1) is 6.92 Å². The van der Waals surface area contributed by atoms with E-state index in [4.69, 9.17) is 9.47 Å². The zero-order valence-corrected chi connectivity index (χ0v) is 9.45. The Balaban J connectivity index is 2.28. The minimum Gasteiger partial charge on any atom is -0.346 e. The second kappa shape index (κ2) is 4.33. The van der Waals surface area contributed by atoms with Crippen LogP contribution in [-0.4, -0.2) is 13.2 Å². The van der Waals surface area contributed by atoms with Crippen molar-refractivity contribution in [3.63, 3.8) is 0 Å². The van der Waals surface area contributed by atoms with Gasteiger partial charge in [-0.2, -0.15) is 0 Å². The maximum atomic E-state index is 5.79. The van der Waals surface area contributed by atoms with Crippen LogP contribution in [0.2, 0.25) is 0 Å². The molecule has 1 aromatic carbocycles. The van der Waals surface area contributed by atoms with Gasteiger partial charge in [0, 0.05) is 18.6 Å². The van der Waals surface area contributed by atoms with Crippen molar-refractivity contribution in [3.05, 3.63) is 35.4 Å². The number of aryl methyl sites for hydroxylation is 1. The van der Waals surface area contributed by atoms with Crippen molar-refractivity contribution in [2.45, 2.75) is 32.5 Å². The summed E-state index contributed by atoms with van der Waals surface area (Å²) in [7, 11) is 0. The van der Waals surface area contributed by atoms with Gasteiger partial charge in [0.05, 0.1) is 6.61 Å². The van der Waals surface area contributed by atoms with Crippen LogP contribution >= 0.6 is 0 Å². The minimum absolute atomic E-state index is 0.470. The molecule has 0 amide bonds. The molecule has 1 aliphatic heterocycles. The lowest BCUT2D eigenvalue weighted by molar-refractivity contribution is -0.216. The third-order valence-corrected chi connectivity index (χ3v) is 2.85. The number of hydrogen-bond donors (Lipinski definition) is 0. The molecule has 1 atom stereocenters. The first-order chi connectivity index (χ1) is 7.27. The Morgan fingerprint density at radius 1 is 1.33 bits per heavy atom. The summed E-state index contributed by atoms with van der Waals surface area (Å²) >= 11 is 0. The fourth-order valence-electron chi connectivity index (χ4n) is 2.08. The number of ether oxygens (including phenoxy) is 2. The smallest absolute Gasteiger partial charge is 0.194 e. The SMILES string of the molecule is CCOC1(c2ccc(C)cc2)CCCO1. The molecule has 0 radical (unpaired) electrons. The molecule has 82 valence electrons. The summed E-state index contributed by atoms with van der Waals surface area (Å²) in [5, 5.41) is 0. The van der Waals surface area contributed by atoms with E-state index in [1.807, 2.05) is 6.92 Å². The highest BCUT2D eigenvalue weighted by Crippen LogP contribution is 2.37. The van der Waals surface area contributed by atoms with Gasteiger partial charge >= 0.3 is 0 Å². The van der Waals surface area contributed by atoms with Gasteiger partial charge in [-0.25, -0.2) is 0 Å². The normalized spacial score (nSPS) is 25.7. The van der Waals surface area contributed by atoms with Crippen LogP contribution in [-0.2, 0) is 15.3 Å². The first-order valence-corrected chi connectivity index (χ1v) is 5.62. The molecule has 0 aliphatic carbocycles. The van der Waals surface area contributed by atoms with E-state index in [-0.39, 0.29) is 0 Å². The Kier molecular flexibility index (Phi) is 3.08. The average Bonchev–Trinajstić information content (AvgIpc) is 2.69. The van der Waals surface area contributed by atoms with Gasteiger partial charge in [-0.05, 0) is 20.3 Å². The van der Waals surface area contributed by atoms with Crippen LogP contribution in [0.25, 0.3) is 0 Å². The highest BCUT2D eigenvalue weighted by atomic mass is 16.7. The van der Waals surface area contributed by atoms with Crippen LogP contribution in [0.5, 0.6) is 0 Å². The van der Waals surface area contributed by atoms with E-state index in [0.717, 1.165) is 25.0 Å². The lowest BCUT2D eigenvalue weighted by atomic mass is 10.0. The lowest BCUT2D eigenvalue weighted by Crippen LogP contribution is -2.28. The summed E-state index contributed by atoms with van der Waals surface area (Å²) in [5.41, 5.74) is 2.41. The Hall–Kier alpha value is -0.860. The maximum absolute atomic E-state index is 5.79. The molecular formula is C13H18O2. The predicted molar refractivity (Wildman–Crippen MR) is 59.7 cm³/mol. The summed E-state index contributed by atoms with van der Waals surface area (Å²) in [6.07, 6.45) is 2.04. The van der Waals surface area contributed by atoms with Gasteiger partial charge in [0.25, 0.3) is 0 Å². The molecule has 0 aromatic heterocycles. The van der Waals surface area contributed by atoms with Gasteiger partial charge in [0.15, 0.2) is 5.79 Å². The van der Waals surface area contributed by atoms with Crippen LogP contribution in [0.15, 0.2) is 24.3 Å². The molecule has 1 saturated heterocycles. The Labute approximate surface area is 91.2 Å². The molecular weight excluding hydrogens is 188 g/mol. The van der Waals surface area contributed by atoms with E-state index >= 15 is 0 Å². The molecule has 2 nitrogen and oxygen atoms in total. The topological polar surface area (TPSA) is 18.5 Å². The van der Waals surface area contributed by atoms with Crippen molar-refractivity contribution in [1.82, 2.24) is 0 Å². The van der Waals surface area contributed by atoms with E-state index in [2.05, 4.69) is 31.2 Å².